The van der Waals surface area contributed by atoms with Gasteiger partial charge >= 0.3 is 54.9 Å². The summed E-state index contributed by atoms with van der Waals surface area (Å²) in [6, 6.07) is 6.53. The van der Waals surface area contributed by atoms with E-state index < -0.39 is 23.9 Å². The number of cyclic esters (lactones) is 4. The summed E-state index contributed by atoms with van der Waals surface area (Å²) in [4.78, 5) is 48.0. The molecule has 6 nitrogen and oxygen atoms in total. The number of ether oxygens (including phenoxy) is 2. The summed E-state index contributed by atoms with van der Waals surface area (Å²) in [5.74, 6) is -2.33. The molecule has 0 N–H and O–H groups in total. The van der Waals surface area contributed by atoms with E-state index in [2.05, 4.69) is 25.9 Å². The zero-order valence-corrected chi connectivity index (χ0v) is 16.7. The molecule has 26 heavy (non-hydrogen) atoms. The molecule has 0 spiro atoms. The van der Waals surface area contributed by atoms with Crippen molar-refractivity contribution in [2.75, 3.05) is 9.86 Å². The van der Waals surface area contributed by atoms with Crippen LogP contribution in [0, 0.1) is 0 Å². The molecule has 0 aromatic heterocycles. The van der Waals surface area contributed by atoms with Crippen LogP contribution in [0.15, 0.2) is 60.2 Å². The van der Waals surface area contributed by atoms with Gasteiger partial charge in [-0.25, -0.2) is 19.2 Å². The van der Waals surface area contributed by atoms with Gasteiger partial charge in [0, 0.05) is 0 Å². The Kier molecular flexibility index (Phi) is 8.63. The van der Waals surface area contributed by atoms with Crippen LogP contribution in [0.1, 0.15) is 27.6 Å². The molecule has 1 aromatic carbocycles. The van der Waals surface area contributed by atoms with E-state index in [0.717, 1.165) is 0 Å². The van der Waals surface area contributed by atoms with E-state index in [4.69, 9.17) is 0 Å². The van der Waals surface area contributed by atoms with Gasteiger partial charge in [0.05, 0.1) is 22.3 Å². The van der Waals surface area contributed by atoms with Crippen LogP contribution in [-0.4, -0.2) is 33.7 Å². The number of esters is 4. The molecule has 0 unspecified atom stereocenters. The first-order valence-electron chi connectivity index (χ1n) is 7.36. The van der Waals surface area contributed by atoms with Gasteiger partial charge in [-0.1, -0.05) is 36.9 Å². The van der Waals surface area contributed by atoms with Crippen molar-refractivity contribution in [2.45, 2.75) is 6.92 Å². The molecule has 0 bridgehead atoms. The Morgan fingerprint density at radius 3 is 1.69 bits per heavy atom. The molecule has 0 amide bonds. The van der Waals surface area contributed by atoms with Crippen LogP contribution in [0.5, 0.6) is 0 Å². The predicted octanol–water partition coefficient (Wildman–Crippen LogP) is -0.539. The molecule has 0 saturated heterocycles. The van der Waals surface area contributed by atoms with Gasteiger partial charge in [-0.3, -0.25) is 0 Å². The number of carbonyl (C=O) groups excluding carboxylic acids is 4. The average Bonchev–Trinajstić information content (AvgIpc) is 3.05. The summed E-state index contributed by atoms with van der Waals surface area (Å²) in [5.41, 5.74) is 1.23. The number of hydrogen-bond donors (Lipinski definition) is 0. The Bertz CT molecular complexity index is 771. The number of alkyl halides is 2. The third-order valence-corrected chi connectivity index (χ3v) is 3.01. The van der Waals surface area contributed by atoms with Crippen LogP contribution in [-0.2, 0) is 19.1 Å². The maximum Gasteiger partial charge on any atom is 0.346 e. The maximum atomic E-state index is 10.9. The number of benzene rings is 1. The van der Waals surface area contributed by atoms with Crippen molar-refractivity contribution >= 4 is 23.9 Å². The van der Waals surface area contributed by atoms with Crippen LogP contribution in [0.3, 0.4) is 0 Å². The molecule has 3 rings (SSSR count). The summed E-state index contributed by atoms with van der Waals surface area (Å²) in [6.45, 7) is 5.17. The number of carbonyl (C=O) groups is 4. The molecule has 2 aliphatic rings. The van der Waals surface area contributed by atoms with Gasteiger partial charge in [-0.05, 0) is 19.1 Å². The number of hydrogen-bond acceptors (Lipinski definition) is 6. The van der Waals surface area contributed by atoms with E-state index >= 15 is 0 Å². The van der Waals surface area contributed by atoms with Crippen molar-refractivity contribution in [1.29, 1.82) is 0 Å². The molecule has 0 saturated carbocycles. The zero-order chi connectivity index (χ0) is 19.7. The summed E-state index contributed by atoms with van der Waals surface area (Å²) < 4.78 is 8.71. The molecule has 0 fully saturated rings. The third kappa shape index (κ3) is 5.22. The minimum absolute atomic E-state index is 0.234. The van der Waals surface area contributed by atoms with Crippen LogP contribution < -0.4 is 21.2 Å². The van der Waals surface area contributed by atoms with E-state index in [1.54, 1.807) is 37.3 Å². The van der Waals surface area contributed by atoms with Crippen molar-refractivity contribution in [3.8, 4) is 0 Å². The Labute approximate surface area is 161 Å². The first-order valence-corrected chi connectivity index (χ1v) is 11.7. The second-order valence-corrected chi connectivity index (χ2v) is 6.97. The topological polar surface area (TPSA) is 86.7 Å². The summed E-state index contributed by atoms with van der Waals surface area (Å²) in [7, 11) is 0. The van der Waals surface area contributed by atoms with Crippen molar-refractivity contribution in [2.24, 2.45) is 0 Å². The average molecular weight is 469 g/mol. The normalized spacial score (nSPS) is 15.0. The van der Waals surface area contributed by atoms with E-state index in [9.17, 15) is 19.2 Å². The number of allylic oxidation sites excluding steroid dienone is 1. The Balaban J connectivity index is 0.000000227. The second kappa shape index (κ2) is 10.4. The molecule has 2 heterocycles. The van der Waals surface area contributed by atoms with E-state index in [0.29, 0.717) is 32.3 Å². The summed E-state index contributed by atoms with van der Waals surface area (Å²) in [6.07, 6.45) is 4.52. The third-order valence-electron chi connectivity index (χ3n) is 3.01. The summed E-state index contributed by atoms with van der Waals surface area (Å²) in [5, 5.41) is 0. The SMILES string of the molecule is C=CC1=C(/C=C\C)C(=O)OC1=O.C[I-]C.O=C1OC(=O)c2ccccc21. The first-order chi connectivity index (χ1) is 12.4. The number of fused-ring (bicyclic) bond motifs is 1. The van der Waals surface area contributed by atoms with Gasteiger partial charge in [0.15, 0.2) is 0 Å². The van der Waals surface area contributed by atoms with Gasteiger partial charge in [-0.15, -0.1) is 0 Å². The molecule has 2 aliphatic heterocycles. The number of halogens is 1. The van der Waals surface area contributed by atoms with E-state index in [-0.39, 0.29) is 11.1 Å². The fourth-order valence-corrected chi connectivity index (χ4v) is 1.97. The Hall–Kier alpha value is -2.55. The van der Waals surface area contributed by atoms with Gasteiger partial charge in [0.2, 0.25) is 0 Å². The molecule has 0 atom stereocenters. The fourth-order valence-electron chi connectivity index (χ4n) is 1.97. The zero-order valence-electron chi connectivity index (χ0n) is 14.6. The standard InChI is InChI=1S/C9H8O3.C8H4O3.C2H6I/c1-3-5-7-6(4-2)8(10)12-9(7)11;9-7-5-3-1-2-4-6(5)8(10)11-7;1-3-2/h3-5H,2H2,1H3;1-4H;1-2H3/q;;-1/b5-3-;;. The van der Waals surface area contributed by atoms with Crippen LogP contribution in [0.25, 0.3) is 0 Å². The van der Waals surface area contributed by atoms with Gasteiger partial charge in [0.25, 0.3) is 0 Å². The second-order valence-electron chi connectivity index (χ2n) is 4.81. The van der Waals surface area contributed by atoms with Gasteiger partial charge in [0.1, 0.15) is 0 Å². The monoisotopic (exact) mass is 469 g/mol. The smallest absolute Gasteiger partial charge is 0.346 e. The van der Waals surface area contributed by atoms with Crippen LogP contribution in [0.2, 0.25) is 0 Å². The Morgan fingerprint density at radius 2 is 1.27 bits per heavy atom. The van der Waals surface area contributed by atoms with Crippen molar-refractivity contribution in [3.63, 3.8) is 0 Å². The van der Waals surface area contributed by atoms with E-state index in [1.165, 1.54) is 12.2 Å². The fraction of sp³-hybridized carbons (Fsp3) is 0.158. The molecular formula is C19H18IO6-. The van der Waals surface area contributed by atoms with Crippen LogP contribution in [0.4, 0.5) is 0 Å². The molecule has 0 radical (unpaired) electrons. The first kappa shape index (κ1) is 21.5. The molecule has 1 aromatic rings. The van der Waals surface area contributed by atoms with Gasteiger partial charge in [-0.2, -0.15) is 0 Å². The summed E-state index contributed by atoms with van der Waals surface area (Å²) >= 11 is 0.590. The minimum Gasteiger partial charge on any atom is -0.386 e. The molecule has 0 aliphatic carbocycles. The molecule has 138 valence electrons. The van der Waals surface area contributed by atoms with Crippen LogP contribution >= 0.6 is 0 Å². The quantitative estimate of drug-likeness (QED) is 0.251. The Morgan fingerprint density at radius 1 is 0.846 bits per heavy atom. The molecular weight excluding hydrogens is 451 g/mol. The largest absolute Gasteiger partial charge is 0.386 e. The van der Waals surface area contributed by atoms with Crippen molar-refractivity contribution < 1.29 is 49.9 Å². The maximum absolute atomic E-state index is 10.9. The minimum atomic E-state index is -0.622. The molecule has 7 heteroatoms. The number of rotatable bonds is 2. The van der Waals surface area contributed by atoms with E-state index in [1.807, 2.05) is 0 Å². The van der Waals surface area contributed by atoms with Crippen molar-refractivity contribution in [3.05, 3.63) is 71.3 Å². The van der Waals surface area contributed by atoms with Crippen molar-refractivity contribution in [1.82, 2.24) is 0 Å². The van der Waals surface area contributed by atoms with Gasteiger partial charge < -0.3 is 9.47 Å². The predicted molar refractivity (Wildman–Crippen MR) is 91.2 cm³/mol.